The van der Waals surface area contributed by atoms with Crippen LogP contribution in [0.2, 0.25) is 0 Å². The Balaban J connectivity index is 2.29. The van der Waals surface area contributed by atoms with Gasteiger partial charge in [-0.3, -0.25) is 4.79 Å². The third kappa shape index (κ3) is 3.95. The van der Waals surface area contributed by atoms with Crippen molar-refractivity contribution in [3.05, 3.63) is 35.9 Å². The van der Waals surface area contributed by atoms with E-state index in [1.165, 1.54) is 0 Å². The van der Waals surface area contributed by atoms with Gasteiger partial charge in [0, 0.05) is 18.1 Å². The summed E-state index contributed by atoms with van der Waals surface area (Å²) in [6, 6.07) is 9.83. The predicted octanol–water partition coefficient (Wildman–Crippen LogP) is 2.84. The molecule has 1 amide bonds. The number of nitrogens with zero attached hydrogens (tertiary/aromatic N) is 2. The summed E-state index contributed by atoms with van der Waals surface area (Å²) in [5.74, 6) is 0.883. The zero-order valence-electron chi connectivity index (χ0n) is 13.3. The van der Waals surface area contributed by atoms with E-state index in [0.717, 1.165) is 16.8 Å². The first-order chi connectivity index (χ1) is 10.5. The van der Waals surface area contributed by atoms with Crippen molar-refractivity contribution < 1.29 is 9.90 Å². The number of aliphatic hydroxyl groups excluding tert-OH is 1. The standard InChI is InChI=1S/C17H23N3O2/c1-12(2)10-17(22)18-16-11-15(19-20(16)8-9-21)14-7-5-4-6-13(14)3/h4-7,11-12,21H,8-10H2,1-3H3,(H,18,22). The zero-order valence-corrected chi connectivity index (χ0v) is 13.3. The third-order valence-electron chi connectivity index (χ3n) is 3.37. The van der Waals surface area contributed by atoms with Gasteiger partial charge >= 0.3 is 0 Å². The normalized spacial score (nSPS) is 11.0. The quantitative estimate of drug-likeness (QED) is 0.862. The van der Waals surface area contributed by atoms with Crippen LogP contribution in [0.4, 0.5) is 5.82 Å². The van der Waals surface area contributed by atoms with E-state index in [9.17, 15) is 9.90 Å². The van der Waals surface area contributed by atoms with E-state index in [-0.39, 0.29) is 12.5 Å². The fraction of sp³-hybridized carbons (Fsp3) is 0.412. The molecule has 2 N–H and O–H groups in total. The second kappa shape index (κ2) is 7.22. The van der Waals surface area contributed by atoms with E-state index < -0.39 is 0 Å². The van der Waals surface area contributed by atoms with Crippen LogP contribution in [0.1, 0.15) is 25.8 Å². The lowest BCUT2D eigenvalue weighted by Crippen LogP contribution is -2.17. The first-order valence-corrected chi connectivity index (χ1v) is 7.55. The number of hydrogen-bond acceptors (Lipinski definition) is 3. The number of rotatable bonds is 6. The van der Waals surface area contributed by atoms with Crippen LogP contribution in [0.25, 0.3) is 11.3 Å². The summed E-state index contributed by atoms with van der Waals surface area (Å²) in [6.45, 7) is 6.36. The minimum absolute atomic E-state index is 0.0259. The molecule has 0 bridgehead atoms. The van der Waals surface area contributed by atoms with Gasteiger partial charge in [0.15, 0.2) is 0 Å². The van der Waals surface area contributed by atoms with E-state index in [1.807, 2.05) is 51.1 Å². The van der Waals surface area contributed by atoms with E-state index in [1.54, 1.807) is 4.68 Å². The van der Waals surface area contributed by atoms with Crippen LogP contribution in [-0.2, 0) is 11.3 Å². The number of aryl methyl sites for hydroxylation is 1. The summed E-state index contributed by atoms with van der Waals surface area (Å²) in [5, 5.41) is 16.6. The van der Waals surface area contributed by atoms with Gasteiger partial charge in [0.25, 0.3) is 0 Å². The molecule has 1 heterocycles. The number of anilines is 1. The number of benzene rings is 1. The Kier molecular flexibility index (Phi) is 5.33. The van der Waals surface area contributed by atoms with Crippen molar-refractivity contribution in [1.29, 1.82) is 0 Å². The van der Waals surface area contributed by atoms with Crippen molar-refractivity contribution in [3.8, 4) is 11.3 Å². The highest BCUT2D eigenvalue weighted by Gasteiger charge is 2.13. The molecule has 0 spiro atoms. The van der Waals surface area contributed by atoms with Crippen molar-refractivity contribution >= 4 is 11.7 Å². The highest BCUT2D eigenvalue weighted by molar-refractivity contribution is 5.90. The van der Waals surface area contributed by atoms with E-state index in [4.69, 9.17) is 0 Å². The highest BCUT2D eigenvalue weighted by Crippen LogP contribution is 2.25. The number of aromatic nitrogens is 2. The molecule has 2 rings (SSSR count). The van der Waals surface area contributed by atoms with Crippen LogP contribution >= 0.6 is 0 Å². The molecule has 0 saturated carbocycles. The number of carbonyl (C=O) groups excluding carboxylic acids is 1. The van der Waals surface area contributed by atoms with Crippen molar-refractivity contribution in [2.24, 2.45) is 5.92 Å². The van der Waals surface area contributed by atoms with Gasteiger partial charge in [0.1, 0.15) is 5.82 Å². The molecule has 0 aliphatic heterocycles. The molecule has 0 aliphatic carbocycles. The Labute approximate surface area is 131 Å². The molecular formula is C17H23N3O2. The Morgan fingerprint density at radius 1 is 1.36 bits per heavy atom. The van der Waals surface area contributed by atoms with Crippen LogP contribution in [0, 0.1) is 12.8 Å². The summed E-state index contributed by atoms with van der Waals surface area (Å²) in [4.78, 5) is 12.0. The monoisotopic (exact) mass is 301 g/mol. The maximum atomic E-state index is 12.0. The average Bonchev–Trinajstić information content (AvgIpc) is 2.81. The van der Waals surface area contributed by atoms with Crippen LogP contribution in [-0.4, -0.2) is 27.4 Å². The van der Waals surface area contributed by atoms with Gasteiger partial charge < -0.3 is 10.4 Å². The van der Waals surface area contributed by atoms with Crippen molar-refractivity contribution in [1.82, 2.24) is 9.78 Å². The SMILES string of the molecule is Cc1ccccc1-c1cc(NC(=O)CC(C)C)n(CCO)n1. The van der Waals surface area contributed by atoms with E-state index in [2.05, 4.69) is 10.4 Å². The molecule has 0 aliphatic rings. The summed E-state index contributed by atoms with van der Waals surface area (Å²) in [7, 11) is 0. The fourth-order valence-corrected chi connectivity index (χ4v) is 2.34. The van der Waals surface area contributed by atoms with Gasteiger partial charge in [-0.1, -0.05) is 38.1 Å². The second-order valence-electron chi connectivity index (χ2n) is 5.82. The summed E-state index contributed by atoms with van der Waals surface area (Å²) in [6.07, 6.45) is 0.462. The third-order valence-corrected chi connectivity index (χ3v) is 3.37. The molecule has 0 atom stereocenters. The topological polar surface area (TPSA) is 67.2 Å². The first kappa shape index (κ1) is 16.2. The van der Waals surface area contributed by atoms with Crippen LogP contribution < -0.4 is 5.32 Å². The molecule has 0 unspecified atom stereocenters. The lowest BCUT2D eigenvalue weighted by atomic mass is 10.1. The molecule has 2 aromatic rings. The molecule has 118 valence electrons. The Bertz CT molecular complexity index is 647. The molecule has 5 nitrogen and oxygen atoms in total. The van der Waals surface area contributed by atoms with Crippen LogP contribution in [0.15, 0.2) is 30.3 Å². The smallest absolute Gasteiger partial charge is 0.225 e. The maximum absolute atomic E-state index is 12.0. The summed E-state index contributed by atoms with van der Waals surface area (Å²) < 4.78 is 1.64. The molecule has 1 aromatic carbocycles. The fourth-order valence-electron chi connectivity index (χ4n) is 2.34. The largest absolute Gasteiger partial charge is 0.394 e. The van der Waals surface area contributed by atoms with Gasteiger partial charge in [-0.25, -0.2) is 4.68 Å². The van der Waals surface area contributed by atoms with Crippen molar-refractivity contribution in [3.63, 3.8) is 0 Å². The number of hydrogen-bond donors (Lipinski definition) is 2. The Hall–Kier alpha value is -2.14. The lowest BCUT2D eigenvalue weighted by molar-refractivity contribution is -0.116. The highest BCUT2D eigenvalue weighted by atomic mass is 16.3. The maximum Gasteiger partial charge on any atom is 0.225 e. The van der Waals surface area contributed by atoms with Gasteiger partial charge in [0.2, 0.25) is 5.91 Å². The molecule has 0 fully saturated rings. The van der Waals surface area contributed by atoms with Crippen LogP contribution in [0.3, 0.4) is 0 Å². The molecule has 1 aromatic heterocycles. The summed E-state index contributed by atoms with van der Waals surface area (Å²) >= 11 is 0. The minimum Gasteiger partial charge on any atom is -0.394 e. The number of carbonyl (C=O) groups is 1. The van der Waals surface area contributed by atoms with E-state index >= 15 is 0 Å². The molecule has 0 saturated heterocycles. The van der Waals surface area contributed by atoms with Gasteiger partial charge in [-0.2, -0.15) is 5.10 Å². The van der Waals surface area contributed by atoms with Gasteiger partial charge in [-0.15, -0.1) is 0 Å². The molecule has 0 radical (unpaired) electrons. The Morgan fingerprint density at radius 3 is 2.73 bits per heavy atom. The second-order valence-corrected chi connectivity index (χ2v) is 5.82. The summed E-state index contributed by atoms with van der Waals surface area (Å²) in [5.41, 5.74) is 2.95. The van der Waals surface area contributed by atoms with Crippen LogP contribution in [0.5, 0.6) is 0 Å². The molecule has 22 heavy (non-hydrogen) atoms. The lowest BCUT2D eigenvalue weighted by Gasteiger charge is -2.08. The van der Waals surface area contributed by atoms with Gasteiger partial charge in [0.05, 0.1) is 18.8 Å². The number of nitrogens with one attached hydrogen (secondary N) is 1. The van der Waals surface area contributed by atoms with E-state index in [0.29, 0.717) is 24.7 Å². The molecular weight excluding hydrogens is 278 g/mol. The first-order valence-electron chi connectivity index (χ1n) is 7.55. The average molecular weight is 301 g/mol. The predicted molar refractivity (Wildman–Crippen MR) is 87.6 cm³/mol. The minimum atomic E-state index is -0.0366. The number of aliphatic hydroxyl groups is 1. The Morgan fingerprint density at radius 2 is 2.09 bits per heavy atom. The van der Waals surface area contributed by atoms with Crippen molar-refractivity contribution in [2.75, 3.05) is 11.9 Å². The number of amides is 1. The van der Waals surface area contributed by atoms with Gasteiger partial charge in [-0.05, 0) is 18.4 Å². The zero-order chi connectivity index (χ0) is 16.1. The van der Waals surface area contributed by atoms with Crippen molar-refractivity contribution in [2.45, 2.75) is 33.7 Å². The molecule has 5 heteroatoms.